The second-order valence-corrected chi connectivity index (χ2v) is 4.89. The molecule has 0 spiro atoms. The summed E-state index contributed by atoms with van der Waals surface area (Å²) in [6.07, 6.45) is -0.0155. The van der Waals surface area contributed by atoms with Gasteiger partial charge in [0.1, 0.15) is 12.4 Å². The van der Waals surface area contributed by atoms with Gasteiger partial charge < -0.3 is 14.8 Å². The predicted octanol–water partition coefficient (Wildman–Crippen LogP) is 2.06. The van der Waals surface area contributed by atoms with E-state index < -0.39 is 6.09 Å². The fourth-order valence-corrected chi connectivity index (χ4v) is 2.33. The first-order valence-electron chi connectivity index (χ1n) is 5.42. The first kappa shape index (κ1) is 12.9. The minimum Gasteiger partial charge on any atom is -0.489 e. The summed E-state index contributed by atoms with van der Waals surface area (Å²) < 4.78 is 11.3. The van der Waals surface area contributed by atoms with Gasteiger partial charge in [0.2, 0.25) is 0 Å². The minimum atomic E-state index is -0.438. The van der Waals surface area contributed by atoms with Crippen molar-refractivity contribution in [2.45, 2.75) is 13.0 Å². The average Bonchev–Trinajstić information content (AvgIpc) is 2.73. The van der Waals surface area contributed by atoms with Crippen molar-refractivity contribution in [2.24, 2.45) is 0 Å². The van der Waals surface area contributed by atoms with Crippen LogP contribution in [0.1, 0.15) is 15.9 Å². The van der Waals surface area contributed by atoms with Crippen molar-refractivity contribution in [3.8, 4) is 5.75 Å². The number of amides is 1. The number of hydrogen-bond acceptors (Lipinski definition) is 4. The third-order valence-corrected chi connectivity index (χ3v) is 3.01. The van der Waals surface area contributed by atoms with Gasteiger partial charge in [0.25, 0.3) is 0 Å². The Morgan fingerprint density at radius 3 is 3.00 bits per heavy atom. The van der Waals surface area contributed by atoms with Gasteiger partial charge in [-0.1, -0.05) is 15.9 Å². The maximum absolute atomic E-state index is 11.0. The summed E-state index contributed by atoms with van der Waals surface area (Å²) in [6.45, 7) is 2.50. The van der Waals surface area contributed by atoms with Gasteiger partial charge >= 0.3 is 6.09 Å². The van der Waals surface area contributed by atoms with Crippen LogP contribution in [0.15, 0.2) is 16.6 Å². The van der Waals surface area contributed by atoms with E-state index in [0.29, 0.717) is 17.9 Å². The molecule has 1 N–H and O–H groups in total. The van der Waals surface area contributed by atoms with Crippen molar-refractivity contribution in [1.82, 2.24) is 5.32 Å². The van der Waals surface area contributed by atoms with Crippen LogP contribution in [0.4, 0.5) is 4.79 Å². The molecule has 1 amide bonds. The second-order valence-electron chi connectivity index (χ2n) is 3.98. The molecule has 6 heteroatoms. The van der Waals surface area contributed by atoms with Crippen LogP contribution in [0.2, 0.25) is 0 Å². The summed E-state index contributed by atoms with van der Waals surface area (Å²) >= 11 is 3.32. The van der Waals surface area contributed by atoms with Crippen molar-refractivity contribution in [1.29, 1.82) is 0 Å². The van der Waals surface area contributed by atoms with Crippen molar-refractivity contribution in [3.63, 3.8) is 0 Å². The summed E-state index contributed by atoms with van der Waals surface area (Å²) in [6, 6.07) is 3.55. The van der Waals surface area contributed by atoms with Crippen LogP contribution in [0, 0.1) is 6.92 Å². The highest BCUT2D eigenvalue weighted by Crippen LogP contribution is 2.27. The number of aryl methyl sites for hydroxylation is 1. The molecule has 1 saturated heterocycles. The van der Waals surface area contributed by atoms with E-state index in [-0.39, 0.29) is 12.7 Å². The fraction of sp³-hybridized carbons (Fsp3) is 0.333. The first-order chi connectivity index (χ1) is 8.60. The van der Waals surface area contributed by atoms with E-state index in [2.05, 4.69) is 21.2 Å². The summed E-state index contributed by atoms with van der Waals surface area (Å²) in [5.41, 5.74) is 1.32. The zero-order valence-corrected chi connectivity index (χ0v) is 11.3. The van der Waals surface area contributed by atoms with E-state index in [1.165, 1.54) is 0 Å². The van der Waals surface area contributed by atoms with Crippen LogP contribution in [-0.2, 0) is 4.74 Å². The highest BCUT2D eigenvalue weighted by Gasteiger charge is 2.23. The van der Waals surface area contributed by atoms with Crippen molar-refractivity contribution < 1.29 is 19.1 Å². The van der Waals surface area contributed by atoms with Crippen LogP contribution in [0.3, 0.4) is 0 Å². The fourth-order valence-electron chi connectivity index (χ4n) is 1.74. The minimum absolute atomic E-state index is 0.224. The van der Waals surface area contributed by atoms with Crippen LogP contribution >= 0.6 is 15.9 Å². The molecule has 1 aliphatic heterocycles. The Morgan fingerprint density at radius 1 is 1.61 bits per heavy atom. The molecule has 1 aliphatic rings. The van der Waals surface area contributed by atoms with Gasteiger partial charge in [-0.25, -0.2) is 4.79 Å². The molecule has 0 aromatic heterocycles. The lowest BCUT2D eigenvalue weighted by molar-refractivity contribution is 0.102. The maximum atomic E-state index is 11.0. The van der Waals surface area contributed by atoms with E-state index in [4.69, 9.17) is 9.47 Å². The molecular weight excluding hydrogens is 302 g/mol. The second kappa shape index (κ2) is 5.39. The summed E-state index contributed by atoms with van der Waals surface area (Å²) in [5, 5.41) is 2.54. The Hall–Kier alpha value is -1.56. The lowest BCUT2D eigenvalue weighted by Gasteiger charge is -2.14. The quantitative estimate of drug-likeness (QED) is 0.864. The number of carbonyl (C=O) groups excluding carboxylic acids is 2. The molecule has 96 valence electrons. The van der Waals surface area contributed by atoms with Crippen molar-refractivity contribution in [2.75, 3.05) is 13.2 Å². The predicted molar refractivity (Wildman–Crippen MR) is 68.0 cm³/mol. The lowest BCUT2D eigenvalue weighted by atomic mass is 10.1. The van der Waals surface area contributed by atoms with Crippen molar-refractivity contribution >= 4 is 28.3 Å². The highest BCUT2D eigenvalue weighted by molar-refractivity contribution is 9.10. The van der Waals surface area contributed by atoms with E-state index in [1.54, 1.807) is 6.07 Å². The van der Waals surface area contributed by atoms with E-state index in [0.717, 1.165) is 16.3 Å². The highest BCUT2D eigenvalue weighted by atomic mass is 79.9. The largest absolute Gasteiger partial charge is 0.489 e. The SMILES string of the molecule is Cc1cc(Br)cc(C=O)c1OCC1CNC(=O)O1. The average molecular weight is 314 g/mol. The van der Waals surface area contributed by atoms with E-state index in [9.17, 15) is 9.59 Å². The van der Waals surface area contributed by atoms with Crippen LogP contribution in [0.25, 0.3) is 0 Å². The van der Waals surface area contributed by atoms with Gasteiger partial charge in [-0.2, -0.15) is 0 Å². The first-order valence-corrected chi connectivity index (χ1v) is 6.22. The monoisotopic (exact) mass is 313 g/mol. The Morgan fingerprint density at radius 2 is 2.39 bits per heavy atom. The molecule has 2 rings (SSSR count). The smallest absolute Gasteiger partial charge is 0.407 e. The number of hydrogen-bond donors (Lipinski definition) is 1. The normalized spacial score (nSPS) is 18.1. The number of carbonyl (C=O) groups is 2. The Kier molecular flexibility index (Phi) is 3.86. The molecule has 0 radical (unpaired) electrons. The van der Waals surface area contributed by atoms with Gasteiger partial charge in [-0.05, 0) is 24.6 Å². The Labute approximate surface area is 113 Å². The molecule has 0 aliphatic carbocycles. The number of aldehydes is 1. The van der Waals surface area contributed by atoms with Crippen LogP contribution < -0.4 is 10.1 Å². The number of nitrogens with one attached hydrogen (secondary N) is 1. The Balaban J connectivity index is 2.09. The molecule has 1 heterocycles. The molecule has 1 fully saturated rings. The zero-order valence-electron chi connectivity index (χ0n) is 9.73. The summed E-state index contributed by atoms with van der Waals surface area (Å²) in [5.74, 6) is 0.524. The Bertz CT molecular complexity index is 489. The lowest BCUT2D eigenvalue weighted by Crippen LogP contribution is -2.22. The van der Waals surface area contributed by atoms with Gasteiger partial charge in [0.05, 0.1) is 12.1 Å². The molecule has 0 saturated carbocycles. The maximum Gasteiger partial charge on any atom is 0.407 e. The topological polar surface area (TPSA) is 64.6 Å². The molecule has 1 unspecified atom stereocenters. The van der Waals surface area contributed by atoms with Gasteiger partial charge in [-0.3, -0.25) is 4.79 Å². The number of ether oxygens (including phenoxy) is 2. The number of alkyl carbamates (subject to hydrolysis) is 1. The van der Waals surface area contributed by atoms with Crippen LogP contribution in [0.5, 0.6) is 5.75 Å². The van der Waals surface area contributed by atoms with Gasteiger partial charge in [-0.15, -0.1) is 0 Å². The number of halogens is 1. The molecular formula is C12H12BrNO4. The number of rotatable bonds is 4. The molecule has 0 bridgehead atoms. The molecule has 18 heavy (non-hydrogen) atoms. The van der Waals surface area contributed by atoms with Crippen molar-refractivity contribution in [3.05, 3.63) is 27.7 Å². The standard InChI is InChI=1S/C12H12BrNO4/c1-7-2-9(13)3-8(5-15)11(7)17-6-10-4-14-12(16)18-10/h2-3,5,10H,4,6H2,1H3,(H,14,16). The molecule has 1 aromatic carbocycles. The third kappa shape index (κ3) is 2.81. The summed E-state index contributed by atoms with van der Waals surface area (Å²) in [4.78, 5) is 21.8. The van der Waals surface area contributed by atoms with E-state index >= 15 is 0 Å². The molecule has 5 nitrogen and oxygen atoms in total. The number of benzene rings is 1. The summed E-state index contributed by atoms with van der Waals surface area (Å²) in [7, 11) is 0. The molecule has 1 atom stereocenters. The van der Waals surface area contributed by atoms with Gasteiger partial charge in [0, 0.05) is 4.47 Å². The molecule has 1 aromatic rings. The number of cyclic esters (lactones) is 1. The third-order valence-electron chi connectivity index (χ3n) is 2.56. The van der Waals surface area contributed by atoms with E-state index in [1.807, 2.05) is 13.0 Å². The van der Waals surface area contributed by atoms with Gasteiger partial charge in [0.15, 0.2) is 12.4 Å². The zero-order chi connectivity index (χ0) is 13.1. The van der Waals surface area contributed by atoms with Crippen LogP contribution in [-0.4, -0.2) is 31.6 Å².